The van der Waals surface area contributed by atoms with Crippen LogP contribution in [0.4, 0.5) is 0 Å². The largest absolute Gasteiger partial charge is 0.491 e. The van der Waals surface area contributed by atoms with E-state index in [4.69, 9.17) is 4.74 Å². The molecule has 2 rings (SSSR count). The van der Waals surface area contributed by atoms with Gasteiger partial charge in [0.25, 0.3) is 0 Å². The van der Waals surface area contributed by atoms with Crippen molar-refractivity contribution >= 4 is 5.91 Å². The maximum atomic E-state index is 11.6. The second-order valence-electron chi connectivity index (χ2n) is 4.07. The minimum Gasteiger partial charge on any atom is -0.491 e. The van der Waals surface area contributed by atoms with Crippen molar-refractivity contribution in [3.05, 3.63) is 29.8 Å². The highest BCUT2D eigenvalue weighted by Crippen LogP contribution is 2.31. The Hall–Kier alpha value is -1.51. The molecule has 0 fully saturated rings. The van der Waals surface area contributed by atoms with Crippen molar-refractivity contribution < 1.29 is 9.53 Å². The third kappa shape index (κ3) is 2.35. The van der Waals surface area contributed by atoms with Crippen LogP contribution in [-0.4, -0.2) is 12.5 Å². The quantitative estimate of drug-likeness (QED) is 0.844. The van der Waals surface area contributed by atoms with Crippen LogP contribution in [0.3, 0.4) is 0 Å². The number of fused-ring (bicyclic) bond motifs is 1. The number of nitrogens with one attached hydrogen (secondary N) is 1. The van der Waals surface area contributed by atoms with Gasteiger partial charge < -0.3 is 10.1 Å². The molecule has 1 aliphatic heterocycles. The molecule has 1 N–H and O–H groups in total. The van der Waals surface area contributed by atoms with E-state index in [1.807, 2.05) is 24.3 Å². The van der Waals surface area contributed by atoms with Crippen LogP contribution >= 0.6 is 0 Å². The molecule has 1 aliphatic rings. The summed E-state index contributed by atoms with van der Waals surface area (Å²) in [6.07, 6.45) is 2.60. The van der Waals surface area contributed by atoms with Gasteiger partial charge in [-0.2, -0.15) is 0 Å². The summed E-state index contributed by atoms with van der Waals surface area (Å²) in [6, 6.07) is 7.89. The average Bonchev–Trinajstić information content (AvgIpc) is 2.70. The third-order valence-electron chi connectivity index (χ3n) is 2.79. The van der Waals surface area contributed by atoms with E-state index in [-0.39, 0.29) is 11.9 Å². The van der Waals surface area contributed by atoms with Crippen molar-refractivity contribution in [2.45, 2.75) is 32.2 Å². The summed E-state index contributed by atoms with van der Waals surface area (Å²) in [5.74, 6) is 1.01. The maximum absolute atomic E-state index is 11.6. The molecule has 0 radical (unpaired) electrons. The van der Waals surface area contributed by atoms with Crippen LogP contribution in [0.2, 0.25) is 0 Å². The molecule has 1 aromatic carbocycles. The fraction of sp³-hybridized carbons (Fsp3) is 0.462. The molecule has 1 amide bonds. The number of hydrogen-bond acceptors (Lipinski definition) is 2. The molecule has 1 atom stereocenters. The lowest BCUT2D eigenvalue weighted by atomic mass is 10.1. The highest BCUT2D eigenvalue weighted by atomic mass is 16.5. The third-order valence-corrected chi connectivity index (χ3v) is 2.79. The van der Waals surface area contributed by atoms with Crippen LogP contribution in [0.15, 0.2) is 24.3 Å². The minimum absolute atomic E-state index is 0.0283. The van der Waals surface area contributed by atoms with Crippen molar-refractivity contribution in [1.29, 1.82) is 0 Å². The number of carbonyl (C=O) groups is 1. The van der Waals surface area contributed by atoms with Crippen molar-refractivity contribution in [2.75, 3.05) is 6.61 Å². The van der Waals surface area contributed by atoms with Gasteiger partial charge in [-0.3, -0.25) is 4.79 Å². The summed E-state index contributed by atoms with van der Waals surface area (Å²) in [4.78, 5) is 11.6. The van der Waals surface area contributed by atoms with Crippen LogP contribution in [0.1, 0.15) is 37.8 Å². The molecule has 1 heterocycles. The van der Waals surface area contributed by atoms with Crippen LogP contribution in [0.25, 0.3) is 0 Å². The van der Waals surface area contributed by atoms with Crippen LogP contribution in [-0.2, 0) is 4.79 Å². The van der Waals surface area contributed by atoms with Crippen LogP contribution in [0.5, 0.6) is 5.75 Å². The molecule has 1 aromatic rings. The fourth-order valence-corrected chi connectivity index (χ4v) is 1.89. The first kappa shape index (κ1) is 11.0. The van der Waals surface area contributed by atoms with E-state index in [0.29, 0.717) is 13.0 Å². The first-order chi connectivity index (χ1) is 7.81. The monoisotopic (exact) mass is 219 g/mol. The Morgan fingerprint density at radius 2 is 2.31 bits per heavy atom. The average molecular weight is 219 g/mol. The minimum atomic E-state index is 0.0283. The molecular formula is C13H17NO2. The van der Waals surface area contributed by atoms with E-state index in [2.05, 4.69) is 12.2 Å². The van der Waals surface area contributed by atoms with E-state index >= 15 is 0 Å². The number of unbranched alkanes of at least 4 members (excludes halogenated alkanes) is 1. The molecule has 1 unspecified atom stereocenters. The van der Waals surface area contributed by atoms with Gasteiger partial charge in [-0.1, -0.05) is 31.5 Å². The predicted molar refractivity (Wildman–Crippen MR) is 62.3 cm³/mol. The Labute approximate surface area is 95.8 Å². The zero-order chi connectivity index (χ0) is 11.4. The number of rotatable bonds is 4. The van der Waals surface area contributed by atoms with Crippen molar-refractivity contribution in [3.8, 4) is 5.75 Å². The zero-order valence-electron chi connectivity index (χ0n) is 9.53. The molecule has 86 valence electrons. The van der Waals surface area contributed by atoms with Gasteiger partial charge in [-0.05, 0) is 12.5 Å². The number of para-hydroxylation sites is 1. The van der Waals surface area contributed by atoms with Crippen molar-refractivity contribution in [2.24, 2.45) is 0 Å². The number of benzene rings is 1. The molecule has 16 heavy (non-hydrogen) atoms. The highest BCUT2D eigenvalue weighted by Gasteiger charge is 2.24. The molecule has 0 aliphatic carbocycles. The van der Waals surface area contributed by atoms with Gasteiger partial charge in [0.2, 0.25) is 5.91 Å². The SMILES string of the molecule is CCCCC(=O)NC1COc2ccccc21. The lowest BCUT2D eigenvalue weighted by Gasteiger charge is -2.11. The van der Waals surface area contributed by atoms with Gasteiger partial charge in [0.1, 0.15) is 12.4 Å². The van der Waals surface area contributed by atoms with Gasteiger partial charge >= 0.3 is 0 Å². The highest BCUT2D eigenvalue weighted by molar-refractivity contribution is 5.76. The molecular weight excluding hydrogens is 202 g/mol. The Morgan fingerprint density at radius 1 is 1.50 bits per heavy atom. The van der Waals surface area contributed by atoms with Gasteiger partial charge in [-0.25, -0.2) is 0 Å². The standard InChI is InChI=1S/C13H17NO2/c1-2-3-8-13(15)14-11-9-16-12-7-5-4-6-10(11)12/h4-7,11H,2-3,8-9H2,1H3,(H,14,15). The van der Waals surface area contributed by atoms with E-state index in [0.717, 1.165) is 24.2 Å². The van der Waals surface area contributed by atoms with Crippen LogP contribution in [0, 0.1) is 0 Å². The number of carbonyl (C=O) groups excluding carboxylic acids is 1. The second kappa shape index (κ2) is 5.01. The Morgan fingerprint density at radius 3 is 3.12 bits per heavy atom. The first-order valence-electron chi connectivity index (χ1n) is 5.82. The van der Waals surface area contributed by atoms with E-state index in [1.54, 1.807) is 0 Å². The van der Waals surface area contributed by atoms with E-state index in [9.17, 15) is 4.79 Å². The van der Waals surface area contributed by atoms with Crippen molar-refractivity contribution in [1.82, 2.24) is 5.32 Å². The molecule has 0 aromatic heterocycles. The number of hydrogen-bond donors (Lipinski definition) is 1. The Bertz CT molecular complexity index is 376. The fourth-order valence-electron chi connectivity index (χ4n) is 1.89. The summed E-state index contributed by atoms with van der Waals surface area (Å²) < 4.78 is 5.50. The topological polar surface area (TPSA) is 38.3 Å². The summed E-state index contributed by atoms with van der Waals surface area (Å²) in [6.45, 7) is 2.64. The number of ether oxygens (including phenoxy) is 1. The molecule has 0 spiro atoms. The first-order valence-corrected chi connectivity index (χ1v) is 5.82. The van der Waals surface area contributed by atoms with Gasteiger partial charge in [0.15, 0.2) is 0 Å². The zero-order valence-corrected chi connectivity index (χ0v) is 9.53. The summed E-state index contributed by atoms with van der Waals surface area (Å²) in [7, 11) is 0. The summed E-state index contributed by atoms with van der Waals surface area (Å²) >= 11 is 0. The molecule has 3 nitrogen and oxygen atoms in total. The molecule has 3 heteroatoms. The molecule has 0 saturated carbocycles. The number of amides is 1. The smallest absolute Gasteiger partial charge is 0.220 e. The van der Waals surface area contributed by atoms with E-state index < -0.39 is 0 Å². The van der Waals surface area contributed by atoms with Gasteiger partial charge in [0, 0.05) is 12.0 Å². The van der Waals surface area contributed by atoms with Crippen molar-refractivity contribution in [3.63, 3.8) is 0 Å². The predicted octanol–water partition coefficient (Wildman–Crippen LogP) is 2.43. The van der Waals surface area contributed by atoms with Crippen LogP contribution < -0.4 is 10.1 Å². The Balaban J connectivity index is 1.95. The second-order valence-corrected chi connectivity index (χ2v) is 4.07. The molecule has 0 saturated heterocycles. The summed E-state index contributed by atoms with van der Waals surface area (Å²) in [5.41, 5.74) is 1.09. The summed E-state index contributed by atoms with van der Waals surface area (Å²) in [5, 5.41) is 3.01. The maximum Gasteiger partial charge on any atom is 0.220 e. The molecule has 0 bridgehead atoms. The lowest BCUT2D eigenvalue weighted by molar-refractivity contribution is -0.122. The van der Waals surface area contributed by atoms with Gasteiger partial charge in [0.05, 0.1) is 6.04 Å². The lowest BCUT2D eigenvalue weighted by Crippen LogP contribution is -2.29. The Kier molecular flexibility index (Phi) is 3.44. The normalized spacial score (nSPS) is 17.7. The van der Waals surface area contributed by atoms with Gasteiger partial charge in [-0.15, -0.1) is 0 Å². The van der Waals surface area contributed by atoms with E-state index in [1.165, 1.54) is 0 Å².